The van der Waals surface area contributed by atoms with Crippen molar-refractivity contribution in [3.8, 4) is 0 Å². The molecule has 1 rings (SSSR count). The first-order chi connectivity index (χ1) is 6.00. The van der Waals surface area contributed by atoms with Crippen LogP contribution in [0.4, 0.5) is 0 Å². The van der Waals surface area contributed by atoms with Gasteiger partial charge in [0, 0.05) is 0 Å². The molecule has 1 aliphatic carbocycles. The molecular weight excluding hydrogens is 144 g/mol. The molecular formula is C12H14. The van der Waals surface area contributed by atoms with Crippen molar-refractivity contribution < 1.29 is 0 Å². The van der Waals surface area contributed by atoms with E-state index in [1.807, 2.05) is 24.3 Å². The van der Waals surface area contributed by atoms with Gasteiger partial charge < -0.3 is 0 Å². The molecule has 0 spiro atoms. The highest BCUT2D eigenvalue weighted by Crippen LogP contribution is 1.95. The third kappa shape index (κ3) is 4.51. The van der Waals surface area contributed by atoms with Crippen LogP contribution in [0.25, 0.3) is 0 Å². The van der Waals surface area contributed by atoms with Gasteiger partial charge in [-0.2, -0.15) is 0 Å². The summed E-state index contributed by atoms with van der Waals surface area (Å²) >= 11 is 0. The van der Waals surface area contributed by atoms with Crippen LogP contribution < -0.4 is 0 Å². The summed E-state index contributed by atoms with van der Waals surface area (Å²) < 4.78 is 0. The summed E-state index contributed by atoms with van der Waals surface area (Å²) in [6.07, 6.45) is 23.0. The minimum absolute atomic E-state index is 1.12. The maximum Gasteiger partial charge on any atom is -0.0313 e. The quantitative estimate of drug-likeness (QED) is 0.505. The second kappa shape index (κ2) is 6.41. The SMILES string of the molecule is C1=C/C=C/C=C\CC/C=C/C=C1. The zero-order valence-electron chi connectivity index (χ0n) is 7.19. The molecule has 0 saturated heterocycles. The first kappa shape index (κ1) is 8.79. The molecule has 0 fully saturated rings. The minimum Gasteiger partial charge on any atom is -0.0842 e. The Labute approximate surface area is 74.3 Å². The van der Waals surface area contributed by atoms with Crippen LogP contribution in [-0.4, -0.2) is 0 Å². The van der Waals surface area contributed by atoms with Crippen molar-refractivity contribution in [3.05, 3.63) is 60.8 Å². The number of hydrogen-bond donors (Lipinski definition) is 0. The van der Waals surface area contributed by atoms with Gasteiger partial charge in [0.1, 0.15) is 0 Å². The second-order valence-corrected chi connectivity index (χ2v) is 2.59. The van der Waals surface area contributed by atoms with E-state index in [-0.39, 0.29) is 0 Å². The van der Waals surface area contributed by atoms with E-state index >= 15 is 0 Å². The number of hydrogen-bond acceptors (Lipinski definition) is 0. The van der Waals surface area contributed by atoms with Crippen molar-refractivity contribution in [2.24, 2.45) is 0 Å². The molecule has 0 aromatic rings. The van der Waals surface area contributed by atoms with Crippen molar-refractivity contribution in [1.29, 1.82) is 0 Å². The van der Waals surface area contributed by atoms with E-state index in [4.69, 9.17) is 0 Å². The minimum atomic E-state index is 1.12. The van der Waals surface area contributed by atoms with Crippen LogP contribution in [0.5, 0.6) is 0 Å². The maximum absolute atomic E-state index is 2.18. The fraction of sp³-hybridized carbons (Fsp3) is 0.167. The normalized spacial score (nSPS) is 25.3. The predicted molar refractivity (Wildman–Crippen MR) is 54.9 cm³/mol. The summed E-state index contributed by atoms with van der Waals surface area (Å²) in [6, 6.07) is 0. The van der Waals surface area contributed by atoms with E-state index in [1.165, 1.54) is 0 Å². The van der Waals surface area contributed by atoms with Crippen molar-refractivity contribution in [2.45, 2.75) is 12.8 Å². The molecule has 0 bridgehead atoms. The highest BCUT2D eigenvalue weighted by molar-refractivity contribution is 5.18. The standard InChI is InChI=1S/C12H14/c1-2-4-6-8-10-12-11-9-7-5-3-1/h1-10H,11-12H2/b2-1?,5-3+,6-4?,9-7-,10-8+. The van der Waals surface area contributed by atoms with Crippen LogP contribution in [-0.2, 0) is 0 Å². The molecule has 12 heavy (non-hydrogen) atoms. The predicted octanol–water partition coefficient (Wildman–Crippen LogP) is 3.56. The molecule has 0 aromatic carbocycles. The summed E-state index contributed by atoms with van der Waals surface area (Å²) in [5.74, 6) is 0. The maximum atomic E-state index is 2.18. The van der Waals surface area contributed by atoms with Gasteiger partial charge in [-0.3, -0.25) is 0 Å². The van der Waals surface area contributed by atoms with Crippen molar-refractivity contribution in [1.82, 2.24) is 0 Å². The highest BCUT2D eigenvalue weighted by atomic mass is 13.8. The molecule has 0 saturated carbocycles. The van der Waals surface area contributed by atoms with Gasteiger partial charge in [0.05, 0.1) is 0 Å². The Kier molecular flexibility index (Phi) is 4.70. The van der Waals surface area contributed by atoms with Crippen molar-refractivity contribution in [3.63, 3.8) is 0 Å². The topological polar surface area (TPSA) is 0 Å². The average Bonchev–Trinajstić information content (AvgIpc) is 2.05. The third-order valence-corrected chi connectivity index (χ3v) is 1.55. The summed E-state index contributed by atoms with van der Waals surface area (Å²) in [4.78, 5) is 0. The lowest BCUT2D eigenvalue weighted by Crippen LogP contribution is -1.64. The van der Waals surface area contributed by atoms with E-state index < -0.39 is 0 Å². The summed E-state index contributed by atoms with van der Waals surface area (Å²) in [7, 11) is 0. The van der Waals surface area contributed by atoms with E-state index in [1.54, 1.807) is 0 Å². The van der Waals surface area contributed by atoms with Gasteiger partial charge in [-0.1, -0.05) is 60.8 Å². The van der Waals surface area contributed by atoms with Gasteiger partial charge in [-0.25, -0.2) is 0 Å². The van der Waals surface area contributed by atoms with Gasteiger partial charge >= 0.3 is 0 Å². The van der Waals surface area contributed by atoms with Crippen LogP contribution in [0.15, 0.2) is 60.8 Å². The molecule has 0 radical (unpaired) electrons. The van der Waals surface area contributed by atoms with E-state index in [0.717, 1.165) is 12.8 Å². The molecule has 0 atom stereocenters. The Bertz CT molecular complexity index is 211. The second-order valence-electron chi connectivity index (χ2n) is 2.59. The van der Waals surface area contributed by atoms with E-state index in [0.29, 0.717) is 0 Å². The zero-order chi connectivity index (χ0) is 8.49. The molecule has 0 heteroatoms. The Morgan fingerprint density at radius 2 is 0.750 bits per heavy atom. The zero-order valence-corrected chi connectivity index (χ0v) is 7.19. The van der Waals surface area contributed by atoms with Crippen molar-refractivity contribution >= 4 is 0 Å². The average molecular weight is 158 g/mol. The van der Waals surface area contributed by atoms with Gasteiger partial charge in [0.2, 0.25) is 0 Å². The van der Waals surface area contributed by atoms with Gasteiger partial charge in [0.25, 0.3) is 0 Å². The van der Waals surface area contributed by atoms with Gasteiger partial charge in [0.15, 0.2) is 0 Å². The van der Waals surface area contributed by atoms with Crippen LogP contribution in [0, 0.1) is 0 Å². The lowest BCUT2D eigenvalue weighted by atomic mass is 10.2. The first-order valence-corrected chi connectivity index (χ1v) is 4.32. The molecule has 62 valence electrons. The molecule has 0 heterocycles. The lowest BCUT2D eigenvalue weighted by Gasteiger charge is -1.84. The largest absolute Gasteiger partial charge is 0.0842 e. The third-order valence-electron chi connectivity index (χ3n) is 1.55. The fourth-order valence-electron chi connectivity index (χ4n) is 0.927. The van der Waals surface area contributed by atoms with Crippen LogP contribution in [0.2, 0.25) is 0 Å². The molecule has 0 aromatic heterocycles. The Balaban J connectivity index is 2.55. The molecule has 0 amide bonds. The monoisotopic (exact) mass is 158 g/mol. The Morgan fingerprint density at radius 1 is 0.417 bits per heavy atom. The van der Waals surface area contributed by atoms with Gasteiger partial charge in [-0.15, -0.1) is 0 Å². The van der Waals surface area contributed by atoms with Crippen molar-refractivity contribution in [2.75, 3.05) is 0 Å². The Morgan fingerprint density at radius 3 is 1.17 bits per heavy atom. The summed E-state index contributed by atoms with van der Waals surface area (Å²) in [5, 5.41) is 0. The molecule has 0 N–H and O–H groups in total. The summed E-state index contributed by atoms with van der Waals surface area (Å²) in [6.45, 7) is 0. The number of allylic oxidation sites excluding steroid dienone is 10. The summed E-state index contributed by atoms with van der Waals surface area (Å²) in [5.41, 5.74) is 0. The molecule has 0 aliphatic heterocycles. The van der Waals surface area contributed by atoms with Gasteiger partial charge in [-0.05, 0) is 12.8 Å². The van der Waals surface area contributed by atoms with E-state index in [2.05, 4.69) is 36.5 Å². The fourth-order valence-corrected chi connectivity index (χ4v) is 0.927. The van der Waals surface area contributed by atoms with Crippen LogP contribution >= 0.6 is 0 Å². The smallest absolute Gasteiger partial charge is 0.0313 e. The number of rotatable bonds is 0. The van der Waals surface area contributed by atoms with Crippen LogP contribution in [0.1, 0.15) is 12.8 Å². The van der Waals surface area contributed by atoms with Crippen LogP contribution in [0.3, 0.4) is 0 Å². The lowest BCUT2D eigenvalue weighted by molar-refractivity contribution is 1.05. The molecule has 0 nitrogen and oxygen atoms in total. The first-order valence-electron chi connectivity index (χ1n) is 4.32. The molecule has 0 unspecified atom stereocenters. The molecule has 1 aliphatic rings. The Hall–Kier alpha value is -1.30. The van der Waals surface area contributed by atoms with E-state index in [9.17, 15) is 0 Å². The highest BCUT2D eigenvalue weighted by Gasteiger charge is 1.74.